The van der Waals surface area contributed by atoms with E-state index in [1.165, 1.54) is 4.91 Å². The van der Waals surface area contributed by atoms with Crippen LogP contribution in [0, 0.1) is 0 Å². The zero-order valence-corrected chi connectivity index (χ0v) is 6.95. The van der Waals surface area contributed by atoms with Crippen LogP contribution < -0.4 is 0 Å². The molecule has 0 aromatic rings. The molecule has 0 radical (unpaired) electrons. The summed E-state index contributed by atoms with van der Waals surface area (Å²) in [6.07, 6.45) is 8.53. The summed E-state index contributed by atoms with van der Waals surface area (Å²) in [4.78, 5) is 5.22. The third kappa shape index (κ3) is 1.51. The van der Waals surface area contributed by atoms with Crippen molar-refractivity contribution in [1.82, 2.24) is 0 Å². The molecular formula is C8H11NS. The number of hydrogen-bond donors (Lipinski definition) is 0. The Morgan fingerprint density at radius 3 is 3.00 bits per heavy atom. The van der Waals surface area contributed by atoms with E-state index in [4.69, 9.17) is 0 Å². The highest BCUT2D eigenvalue weighted by Crippen LogP contribution is 2.26. The first-order chi connectivity index (χ1) is 4.88. The second kappa shape index (κ2) is 3.62. The van der Waals surface area contributed by atoms with Gasteiger partial charge in [-0.1, -0.05) is 12.2 Å². The lowest BCUT2D eigenvalue weighted by Gasteiger charge is -2.08. The molecule has 0 bridgehead atoms. The van der Waals surface area contributed by atoms with Crippen LogP contribution in [-0.4, -0.2) is 13.0 Å². The fraction of sp³-hybridized carbons (Fsp3) is 0.375. The van der Waals surface area contributed by atoms with Crippen molar-refractivity contribution < 1.29 is 0 Å². The average Bonchev–Trinajstić information content (AvgIpc) is 2.04. The number of rotatable bonds is 2. The molecule has 0 atom stereocenters. The van der Waals surface area contributed by atoms with Gasteiger partial charge in [-0.05, 0) is 25.8 Å². The maximum absolute atomic E-state index is 3.96. The van der Waals surface area contributed by atoms with Gasteiger partial charge < -0.3 is 0 Å². The van der Waals surface area contributed by atoms with Crippen molar-refractivity contribution in [3.05, 3.63) is 22.8 Å². The van der Waals surface area contributed by atoms with Crippen molar-refractivity contribution in [3.63, 3.8) is 0 Å². The van der Waals surface area contributed by atoms with E-state index in [2.05, 4.69) is 30.1 Å². The normalized spacial score (nSPS) is 17.7. The fourth-order valence-corrected chi connectivity index (χ4v) is 1.61. The largest absolute Gasteiger partial charge is 0.268 e. The van der Waals surface area contributed by atoms with Crippen LogP contribution in [0.1, 0.15) is 12.8 Å². The molecule has 1 rings (SSSR count). The zero-order chi connectivity index (χ0) is 7.40. The quantitative estimate of drug-likeness (QED) is 0.555. The number of thioether (sulfide) groups is 1. The Morgan fingerprint density at radius 1 is 1.70 bits per heavy atom. The molecule has 0 aromatic heterocycles. The average molecular weight is 153 g/mol. The Morgan fingerprint density at radius 2 is 2.50 bits per heavy atom. The molecule has 1 aliphatic rings. The van der Waals surface area contributed by atoms with E-state index in [0.717, 1.165) is 18.5 Å². The third-order valence-electron chi connectivity index (χ3n) is 1.51. The molecule has 0 N–H and O–H groups in total. The van der Waals surface area contributed by atoms with Gasteiger partial charge in [0.15, 0.2) is 0 Å². The first-order valence-corrected chi connectivity index (χ1v) is 4.51. The van der Waals surface area contributed by atoms with Gasteiger partial charge >= 0.3 is 0 Å². The van der Waals surface area contributed by atoms with Gasteiger partial charge in [-0.3, -0.25) is 4.99 Å². The van der Waals surface area contributed by atoms with E-state index in [0.29, 0.717) is 0 Å². The van der Waals surface area contributed by atoms with Crippen LogP contribution in [0.15, 0.2) is 27.7 Å². The first kappa shape index (κ1) is 7.61. The fourth-order valence-electron chi connectivity index (χ4n) is 0.973. The van der Waals surface area contributed by atoms with Crippen LogP contribution in [-0.2, 0) is 0 Å². The second-order valence-electron chi connectivity index (χ2n) is 2.11. The molecule has 1 aliphatic carbocycles. The maximum atomic E-state index is 3.96. The second-order valence-corrected chi connectivity index (χ2v) is 2.96. The molecule has 0 aromatic carbocycles. The van der Waals surface area contributed by atoms with Crippen LogP contribution in [0.3, 0.4) is 0 Å². The predicted molar refractivity (Wildman–Crippen MR) is 48.5 cm³/mol. The Bertz CT molecular complexity index is 191. The minimum absolute atomic E-state index is 1.05. The molecule has 1 nitrogen and oxygen atoms in total. The van der Waals surface area contributed by atoms with Crippen molar-refractivity contribution in [2.24, 2.45) is 4.99 Å². The summed E-state index contributed by atoms with van der Waals surface area (Å²) < 4.78 is 0. The molecular weight excluding hydrogens is 142 g/mol. The summed E-state index contributed by atoms with van der Waals surface area (Å²) in [7, 11) is 0. The number of hydrogen-bond acceptors (Lipinski definition) is 2. The summed E-state index contributed by atoms with van der Waals surface area (Å²) in [5, 5.41) is 0. The van der Waals surface area contributed by atoms with E-state index in [1.54, 1.807) is 11.8 Å². The summed E-state index contributed by atoms with van der Waals surface area (Å²) in [5.41, 5.74) is 1.15. The smallest absolute Gasteiger partial charge is 0.0534 e. The van der Waals surface area contributed by atoms with E-state index < -0.39 is 0 Å². The lowest BCUT2D eigenvalue weighted by molar-refractivity contribution is 0.943. The van der Waals surface area contributed by atoms with E-state index in [-0.39, 0.29) is 0 Å². The molecule has 0 saturated carbocycles. The van der Waals surface area contributed by atoms with Crippen LogP contribution in [0.4, 0.5) is 0 Å². The highest BCUT2D eigenvalue weighted by atomic mass is 32.2. The SMILES string of the molecule is C=NC1=C(SC)C=CCC1. The summed E-state index contributed by atoms with van der Waals surface area (Å²) in [6.45, 7) is 3.53. The van der Waals surface area contributed by atoms with Crippen molar-refractivity contribution >= 4 is 18.5 Å². The molecule has 0 fully saturated rings. The number of aliphatic imine (C=N–C) groups is 1. The number of nitrogens with zero attached hydrogens (tertiary/aromatic N) is 1. The van der Waals surface area contributed by atoms with Gasteiger partial charge in [0.2, 0.25) is 0 Å². The van der Waals surface area contributed by atoms with Crippen molar-refractivity contribution in [1.29, 1.82) is 0 Å². The minimum Gasteiger partial charge on any atom is -0.268 e. The molecule has 0 aliphatic heterocycles. The lowest BCUT2D eigenvalue weighted by Crippen LogP contribution is -1.88. The van der Waals surface area contributed by atoms with Crippen molar-refractivity contribution in [3.8, 4) is 0 Å². The molecule has 0 unspecified atom stereocenters. The van der Waals surface area contributed by atoms with E-state index in [1.807, 2.05) is 0 Å². The van der Waals surface area contributed by atoms with E-state index >= 15 is 0 Å². The Hall–Kier alpha value is -0.500. The summed E-state index contributed by atoms with van der Waals surface area (Å²) >= 11 is 1.74. The third-order valence-corrected chi connectivity index (χ3v) is 2.32. The van der Waals surface area contributed by atoms with Crippen LogP contribution in [0.25, 0.3) is 0 Å². The predicted octanol–water partition coefficient (Wildman–Crippen LogP) is 2.61. The van der Waals surface area contributed by atoms with Gasteiger partial charge in [-0.25, -0.2) is 0 Å². The van der Waals surface area contributed by atoms with Crippen LogP contribution >= 0.6 is 11.8 Å². The zero-order valence-electron chi connectivity index (χ0n) is 6.13. The maximum Gasteiger partial charge on any atom is 0.0534 e. The van der Waals surface area contributed by atoms with Gasteiger partial charge in [0.1, 0.15) is 0 Å². The molecule has 10 heavy (non-hydrogen) atoms. The van der Waals surface area contributed by atoms with Gasteiger partial charge in [0, 0.05) is 4.91 Å². The van der Waals surface area contributed by atoms with Crippen LogP contribution in [0.5, 0.6) is 0 Å². The van der Waals surface area contributed by atoms with Gasteiger partial charge in [0.05, 0.1) is 5.70 Å². The molecule has 0 amide bonds. The highest BCUT2D eigenvalue weighted by Gasteiger charge is 2.03. The molecule has 54 valence electrons. The minimum atomic E-state index is 1.05. The highest BCUT2D eigenvalue weighted by molar-refractivity contribution is 8.02. The van der Waals surface area contributed by atoms with Crippen molar-refractivity contribution in [2.75, 3.05) is 6.26 Å². The van der Waals surface area contributed by atoms with Gasteiger partial charge in [-0.2, -0.15) is 0 Å². The summed E-state index contributed by atoms with van der Waals surface area (Å²) in [5.74, 6) is 0. The first-order valence-electron chi connectivity index (χ1n) is 3.29. The lowest BCUT2D eigenvalue weighted by atomic mass is 10.1. The Kier molecular flexibility index (Phi) is 2.75. The van der Waals surface area contributed by atoms with Gasteiger partial charge in [0.25, 0.3) is 0 Å². The molecule has 0 heterocycles. The topological polar surface area (TPSA) is 12.4 Å². The monoisotopic (exact) mass is 153 g/mol. The Balaban J connectivity index is 2.83. The van der Waals surface area contributed by atoms with E-state index in [9.17, 15) is 0 Å². The standard InChI is InChI=1S/C8H11NS/c1-9-7-5-3-4-6-8(7)10-2/h4,6H,1,3,5H2,2H3. The Labute approximate surface area is 65.9 Å². The molecule has 2 heteroatoms. The number of allylic oxidation sites excluding steroid dienone is 3. The van der Waals surface area contributed by atoms with Gasteiger partial charge in [-0.15, -0.1) is 11.8 Å². The van der Waals surface area contributed by atoms with Crippen LogP contribution in [0.2, 0.25) is 0 Å². The summed E-state index contributed by atoms with van der Waals surface area (Å²) in [6, 6.07) is 0. The molecule has 0 spiro atoms. The van der Waals surface area contributed by atoms with Crippen molar-refractivity contribution in [2.45, 2.75) is 12.8 Å². The molecule has 0 saturated heterocycles.